The summed E-state index contributed by atoms with van der Waals surface area (Å²) >= 11 is 1.56. The normalized spacial score (nSPS) is 10.6. The predicted molar refractivity (Wildman–Crippen MR) is 99.6 cm³/mol. The van der Waals surface area contributed by atoms with Crippen molar-refractivity contribution in [1.82, 2.24) is 9.88 Å². The molecule has 0 aliphatic heterocycles. The third kappa shape index (κ3) is 5.39. The van der Waals surface area contributed by atoms with E-state index in [0.29, 0.717) is 25.8 Å². The molecule has 2 aromatic rings. The van der Waals surface area contributed by atoms with E-state index in [1.165, 1.54) is 12.7 Å². The van der Waals surface area contributed by atoms with Crippen molar-refractivity contribution in [2.45, 2.75) is 33.1 Å². The minimum atomic E-state index is -0.249. The van der Waals surface area contributed by atoms with Crippen LogP contribution >= 0.6 is 11.3 Å². The predicted octanol–water partition coefficient (Wildman–Crippen LogP) is 3.38. The van der Waals surface area contributed by atoms with Gasteiger partial charge in [-0.05, 0) is 20.3 Å². The Bertz CT molecular complexity index is 738. The number of amides is 1. The molecule has 1 amide bonds. The fourth-order valence-corrected chi connectivity index (χ4v) is 3.44. The number of esters is 1. The first-order chi connectivity index (χ1) is 11.9. The van der Waals surface area contributed by atoms with Crippen LogP contribution in [0.3, 0.4) is 0 Å². The first-order valence-corrected chi connectivity index (χ1v) is 9.06. The molecule has 2 rings (SSSR count). The minimum absolute atomic E-state index is 0.0295. The van der Waals surface area contributed by atoms with Crippen LogP contribution < -0.4 is 0 Å². The number of aromatic nitrogens is 1. The number of ether oxygens (including phenoxy) is 1. The van der Waals surface area contributed by atoms with Gasteiger partial charge in [0, 0.05) is 30.5 Å². The number of likely N-dealkylation sites (N-methyl/N-ethyl adjacent to an activating group) is 1. The van der Waals surface area contributed by atoms with Crippen LogP contribution in [0.4, 0.5) is 0 Å². The summed E-state index contributed by atoms with van der Waals surface area (Å²) in [6.07, 6.45) is 1.24. The van der Waals surface area contributed by atoms with Gasteiger partial charge < -0.3 is 9.64 Å². The van der Waals surface area contributed by atoms with Gasteiger partial charge >= 0.3 is 5.97 Å². The molecular formula is C19H24N2O3S. The number of nitrogens with zero attached hydrogens (tertiary/aromatic N) is 2. The number of rotatable bonds is 7. The number of carbonyl (C=O) groups is 2. The Morgan fingerprint density at radius 2 is 1.88 bits per heavy atom. The Morgan fingerprint density at radius 3 is 2.52 bits per heavy atom. The molecule has 0 N–H and O–H groups in total. The standard InChI is InChI=1S/C19H24N2O3S/c1-13-7-9-15(10-8-13)19-16(25-14(2)20-19)12-17(22)21(3)11-5-6-18(23)24-4/h7-10H,5-6,11-12H2,1-4H3. The summed E-state index contributed by atoms with van der Waals surface area (Å²) in [5.41, 5.74) is 3.11. The van der Waals surface area contributed by atoms with Gasteiger partial charge in [0.05, 0.1) is 24.2 Å². The molecule has 0 atom stereocenters. The summed E-state index contributed by atoms with van der Waals surface area (Å²) in [5, 5.41) is 0.951. The van der Waals surface area contributed by atoms with Crippen molar-refractivity contribution in [3.63, 3.8) is 0 Å². The minimum Gasteiger partial charge on any atom is -0.469 e. The van der Waals surface area contributed by atoms with Gasteiger partial charge in [0.25, 0.3) is 0 Å². The summed E-state index contributed by atoms with van der Waals surface area (Å²) in [6.45, 7) is 4.53. The van der Waals surface area contributed by atoms with Crippen LogP contribution in [0.15, 0.2) is 24.3 Å². The Balaban J connectivity index is 2.03. The first kappa shape index (κ1) is 19.1. The molecule has 0 fully saturated rings. The number of benzene rings is 1. The Labute approximate surface area is 152 Å². The van der Waals surface area contributed by atoms with Gasteiger partial charge in [0.1, 0.15) is 0 Å². The average Bonchev–Trinajstić information content (AvgIpc) is 2.95. The number of carbonyl (C=O) groups excluding carboxylic acids is 2. The monoisotopic (exact) mass is 360 g/mol. The topological polar surface area (TPSA) is 59.5 Å². The second-order valence-corrected chi connectivity index (χ2v) is 7.33. The molecule has 1 heterocycles. The number of thiazole rings is 1. The fraction of sp³-hybridized carbons (Fsp3) is 0.421. The van der Waals surface area contributed by atoms with E-state index < -0.39 is 0 Å². The van der Waals surface area contributed by atoms with Gasteiger partial charge in [-0.2, -0.15) is 0 Å². The van der Waals surface area contributed by atoms with Gasteiger partial charge in [-0.3, -0.25) is 9.59 Å². The summed E-state index contributed by atoms with van der Waals surface area (Å²) in [7, 11) is 3.13. The molecule has 1 aromatic heterocycles. The van der Waals surface area contributed by atoms with E-state index in [1.807, 2.05) is 26.0 Å². The maximum atomic E-state index is 12.5. The van der Waals surface area contributed by atoms with Crippen LogP contribution in [0.2, 0.25) is 0 Å². The number of methoxy groups -OCH3 is 1. The zero-order chi connectivity index (χ0) is 18.4. The van der Waals surface area contributed by atoms with Crippen molar-refractivity contribution in [1.29, 1.82) is 0 Å². The third-order valence-electron chi connectivity index (χ3n) is 3.97. The molecule has 5 nitrogen and oxygen atoms in total. The van der Waals surface area contributed by atoms with E-state index in [-0.39, 0.29) is 11.9 Å². The molecule has 0 bridgehead atoms. The van der Waals surface area contributed by atoms with Gasteiger partial charge in [0.15, 0.2) is 0 Å². The number of aryl methyl sites for hydroxylation is 2. The molecule has 0 radical (unpaired) electrons. The van der Waals surface area contributed by atoms with Crippen LogP contribution in [0, 0.1) is 13.8 Å². The van der Waals surface area contributed by atoms with E-state index in [2.05, 4.69) is 21.9 Å². The van der Waals surface area contributed by atoms with Crippen molar-refractivity contribution in [2.24, 2.45) is 0 Å². The highest BCUT2D eigenvalue weighted by atomic mass is 32.1. The molecule has 1 aromatic carbocycles. The molecular weight excluding hydrogens is 336 g/mol. The number of hydrogen-bond acceptors (Lipinski definition) is 5. The van der Waals surface area contributed by atoms with Crippen molar-refractivity contribution >= 4 is 23.2 Å². The summed E-state index contributed by atoms with van der Waals surface area (Å²) < 4.78 is 4.62. The molecule has 134 valence electrons. The van der Waals surface area contributed by atoms with E-state index in [9.17, 15) is 9.59 Å². The van der Waals surface area contributed by atoms with Crippen LogP contribution in [0.1, 0.15) is 28.3 Å². The lowest BCUT2D eigenvalue weighted by molar-refractivity contribution is -0.141. The van der Waals surface area contributed by atoms with Gasteiger partial charge in [-0.25, -0.2) is 4.98 Å². The molecule has 0 spiro atoms. The highest BCUT2D eigenvalue weighted by Crippen LogP contribution is 2.29. The van der Waals surface area contributed by atoms with Gasteiger partial charge in [-0.1, -0.05) is 29.8 Å². The lowest BCUT2D eigenvalue weighted by Crippen LogP contribution is -2.29. The van der Waals surface area contributed by atoms with Crippen LogP contribution in [0.5, 0.6) is 0 Å². The van der Waals surface area contributed by atoms with E-state index in [1.54, 1.807) is 23.3 Å². The largest absolute Gasteiger partial charge is 0.469 e. The Kier molecular flexibility index (Phi) is 6.70. The molecule has 0 aliphatic carbocycles. The van der Waals surface area contributed by atoms with Crippen molar-refractivity contribution in [3.8, 4) is 11.3 Å². The quantitative estimate of drug-likeness (QED) is 0.710. The zero-order valence-corrected chi connectivity index (χ0v) is 16.0. The van der Waals surface area contributed by atoms with Crippen LogP contribution in [-0.4, -0.2) is 42.5 Å². The second kappa shape index (κ2) is 8.76. The smallest absolute Gasteiger partial charge is 0.305 e. The van der Waals surface area contributed by atoms with Gasteiger partial charge in [0.2, 0.25) is 5.91 Å². The average molecular weight is 360 g/mol. The van der Waals surface area contributed by atoms with E-state index >= 15 is 0 Å². The summed E-state index contributed by atoms with van der Waals surface area (Å²) in [5.74, 6) is -0.220. The molecule has 25 heavy (non-hydrogen) atoms. The highest BCUT2D eigenvalue weighted by molar-refractivity contribution is 7.12. The molecule has 6 heteroatoms. The Morgan fingerprint density at radius 1 is 1.20 bits per heavy atom. The first-order valence-electron chi connectivity index (χ1n) is 8.25. The molecule has 0 unspecified atom stereocenters. The summed E-state index contributed by atoms with van der Waals surface area (Å²) in [6, 6.07) is 8.18. The van der Waals surface area contributed by atoms with E-state index in [0.717, 1.165) is 21.1 Å². The SMILES string of the molecule is COC(=O)CCCN(C)C(=O)Cc1sc(C)nc1-c1ccc(C)cc1. The zero-order valence-electron chi connectivity index (χ0n) is 15.2. The third-order valence-corrected chi connectivity index (χ3v) is 4.94. The van der Waals surface area contributed by atoms with Crippen LogP contribution in [-0.2, 0) is 20.7 Å². The molecule has 0 aliphatic rings. The lowest BCUT2D eigenvalue weighted by atomic mass is 10.1. The van der Waals surface area contributed by atoms with Crippen molar-refractivity contribution < 1.29 is 14.3 Å². The van der Waals surface area contributed by atoms with Crippen molar-refractivity contribution in [3.05, 3.63) is 39.7 Å². The Hall–Kier alpha value is -2.21. The highest BCUT2D eigenvalue weighted by Gasteiger charge is 2.17. The molecule has 0 saturated heterocycles. The second-order valence-electron chi connectivity index (χ2n) is 6.04. The van der Waals surface area contributed by atoms with E-state index in [4.69, 9.17) is 0 Å². The lowest BCUT2D eigenvalue weighted by Gasteiger charge is -2.16. The molecule has 0 saturated carbocycles. The summed E-state index contributed by atoms with van der Waals surface area (Å²) in [4.78, 5) is 30.9. The van der Waals surface area contributed by atoms with Crippen LogP contribution in [0.25, 0.3) is 11.3 Å². The van der Waals surface area contributed by atoms with Crippen molar-refractivity contribution in [2.75, 3.05) is 20.7 Å². The maximum Gasteiger partial charge on any atom is 0.305 e. The number of hydrogen-bond donors (Lipinski definition) is 0. The fourth-order valence-electron chi connectivity index (χ4n) is 2.49. The maximum absolute atomic E-state index is 12.5. The van der Waals surface area contributed by atoms with Gasteiger partial charge in [-0.15, -0.1) is 11.3 Å².